The molecule has 18 heavy (non-hydrogen) atoms. The summed E-state index contributed by atoms with van der Waals surface area (Å²) in [6, 6.07) is 5.35. The Balaban J connectivity index is 2.11. The fraction of sp³-hybridized carbons (Fsp3) is 0.500. The van der Waals surface area contributed by atoms with Crippen LogP contribution in [0.1, 0.15) is 6.42 Å². The van der Waals surface area contributed by atoms with Gasteiger partial charge in [-0.25, -0.2) is 0 Å². The Hall–Kier alpha value is -0.890. The number of nitro groups is 1. The molecule has 0 saturated carbocycles. The van der Waals surface area contributed by atoms with Crippen molar-refractivity contribution in [1.82, 2.24) is 5.32 Å². The molecule has 2 rings (SSSR count). The van der Waals surface area contributed by atoms with Gasteiger partial charge in [-0.05, 0) is 60.7 Å². The van der Waals surface area contributed by atoms with E-state index in [0.29, 0.717) is 9.49 Å². The van der Waals surface area contributed by atoms with Gasteiger partial charge in [-0.1, -0.05) is 0 Å². The van der Waals surface area contributed by atoms with Crippen molar-refractivity contribution in [3.8, 4) is 0 Å². The number of hydrogen-bond acceptors (Lipinski definition) is 4. The van der Waals surface area contributed by atoms with E-state index >= 15 is 0 Å². The first-order valence-electron chi connectivity index (χ1n) is 5.95. The van der Waals surface area contributed by atoms with Gasteiger partial charge < -0.3 is 10.2 Å². The van der Waals surface area contributed by atoms with Crippen molar-refractivity contribution in [2.75, 3.05) is 31.6 Å². The lowest BCUT2D eigenvalue weighted by Gasteiger charge is -2.19. The highest BCUT2D eigenvalue weighted by atomic mass is 127. The number of nitrogens with one attached hydrogen (secondary N) is 1. The molecule has 0 bridgehead atoms. The predicted molar refractivity (Wildman–Crippen MR) is 80.1 cm³/mol. The molecule has 1 aliphatic rings. The van der Waals surface area contributed by atoms with E-state index in [2.05, 4.69) is 10.2 Å². The first-order valence-corrected chi connectivity index (χ1v) is 7.03. The van der Waals surface area contributed by atoms with Crippen molar-refractivity contribution in [3.63, 3.8) is 0 Å². The summed E-state index contributed by atoms with van der Waals surface area (Å²) >= 11 is 2.03. The lowest BCUT2D eigenvalue weighted by atomic mass is 10.1. The largest absolute Gasteiger partial charge is 0.371 e. The fourth-order valence-electron chi connectivity index (χ4n) is 2.36. The maximum atomic E-state index is 10.8. The van der Waals surface area contributed by atoms with Crippen LogP contribution in [-0.4, -0.2) is 31.6 Å². The Kier molecular flexibility index (Phi) is 4.39. The summed E-state index contributed by atoms with van der Waals surface area (Å²) in [5.74, 6) is 0.669. The number of nitro benzene ring substituents is 1. The maximum absolute atomic E-state index is 10.8. The van der Waals surface area contributed by atoms with Crippen LogP contribution in [0.4, 0.5) is 11.4 Å². The summed E-state index contributed by atoms with van der Waals surface area (Å²) in [4.78, 5) is 12.7. The Labute approximate surface area is 120 Å². The Bertz CT molecular complexity index is 453. The predicted octanol–water partition coefficient (Wildman–Crippen LogP) is 2.25. The average Bonchev–Trinajstić information content (AvgIpc) is 2.77. The highest BCUT2D eigenvalue weighted by Gasteiger charge is 2.23. The van der Waals surface area contributed by atoms with Crippen LogP contribution >= 0.6 is 22.6 Å². The van der Waals surface area contributed by atoms with Gasteiger partial charge in [0.2, 0.25) is 0 Å². The van der Waals surface area contributed by atoms with Gasteiger partial charge >= 0.3 is 0 Å². The maximum Gasteiger partial charge on any atom is 0.282 e. The van der Waals surface area contributed by atoms with E-state index in [1.165, 1.54) is 6.42 Å². The van der Waals surface area contributed by atoms with Gasteiger partial charge in [-0.15, -0.1) is 0 Å². The molecule has 1 unspecified atom stereocenters. The van der Waals surface area contributed by atoms with Gasteiger partial charge in [0.15, 0.2) is 0 Å². The third kappa shape index (κ3) is 2.92. The summed E-state index contributed by atoms with van der Waals surface area (Å²) in [6.45, 7) is 3.08. The summed E-state index contributed by atoms with van der Waals surface area (Å²) in [6.07, 6.45) is 1.18. The van der Waals surface area contributed by atoms with Gasteiger partial charge in [0.25, 0.3) is 5.69 Å². The normalized spacial score (nSPS) is 19.2. The third-order valence-electron chi connectivity index (χ3n) is 3.27. The van der Waals surface area contributed by atoms with E-state index < -0.39 is 0 Å². The Morgan fingerprint density at radius 2 is 2.39 bits per heavy atom. The molecule has 1 aromatic rings. The van der Waals surface area contributed by atoms with E-state index in [1.54, 1.807) is 6.07 Å². The second-order valence-corrected chi connectivity index (χ2v) is 5.71. The van der Waals surface area contributed by atoms with E-state index in [-0.39, 0.29) is 10.6 Å². The molecule has 0 amide bonds. The number of hydrogen-bond donors (Lipinski definition) is 1. The molecule has 1 N–H and O–H groups in total. The van der Waals surface area contributed by atoms with Crippen molar-refractivity contribution in [1.29, 1.82) is 0 Å². The van der Waals surface area contributed by atoms with Crippen molar-refractivity contribution in [2.45, 2.75) is 6.42 Å². The quantitative estimate of drug-likeness (QED) is 0.508. The molecule has 6 heteroatoms. The average molecular weight is 361 g/mol. The SMILES string of the molecule is CNCC1CCN(c2ccc([N+](=O)[O-])c(I)c2)C1. The van der Waals surface area contributed by atoms with Crippen LogP contribution in [0.15, 0.2) is 18.2 Å². The zero-order valence-corrected chi connectivity index (χ0v) is 12.4. The molecule has 1 aromatic carbocycles. The van der Waals surface area contributed by atoms with Crippen LogP contribution in [-0.2, 0) is 0 Å². The Morgan fingerprint density at radius 1 is 1.61 bits per heavy atom. The van der Waals surface area contributed by atoms with Gasteiger partial charge in [-0.2, -0.15) is 0 Å². The number of anilines is 1. The molecule has 1 aliphatic heterocycles. The summed E-state index contributed by atoms with van der Waals surface area (Å²) < 4.78 is 0.701. The van der Waals surface area contributed by atoms with E-state index in [1.807, 2.05) is 41.8 Å². The third-order valence-corrected chi connectivity index (χ3v) is 4.14. The molecule has 1 fully saturated rings. The molecular weight excluding hydrogens is 345 g/mol. The van der Waals surface area contributed by atoms with Gasteiger partial charge in [0.05, 0.1) is 8.49 Å². The number of nitrogens with zero attached hydrogens (tertiary/aromatic N) is 2. The first-order chi connectivity index (χ1) is 8.61. The molecule has 1 atom stereocenters. The van der Waals surface area contributed by atoms with Crippen LogP contribution in [0.25, 0.3) is 0 Å². The van der Waals surface area contributed by atoms with E-state index in [9.17, 15) is 10.1 Å². The topological polar surface area (TPSA) is 58.4 Å². The second kappa shape index (κ2) is 5.83. The minimum atomic E-state index is -0.334. The van der Waals surface area contributed by atoms with Crippen LogP contribution in [0, 0.1) is 19.6 Å². The van der Waals surface area contributed by atoms with E-state index in [0.717, 1.165) is 25.3 Å². The number of halogens is 1. The highest BCUT2D eigenvalue weighted by molar-refractivity contribution is 14.1. The zero-order chi connectivity index (χ0) is 13.1. The molecule has 5 nitrogen and oxygen atoms in total. The van der Waals surface area contributed by atoms with Crippen LogP contribution in [0.2, 0.25) is 0 Å². The molecule has 0 aliphatic carbocycles. The van der Waals surface area contributed by atoms with Crippen LogP contribution in [0.3, 0.4) is 0 Å². The summed E-state index contributed by atoms with van der Waals surface area (Å²) in [5.41, 5.74) is 1.27. The molecular formula is C12H16IN3O2. The first kappa shape index (κ1) is 13.5. The molecule has 98 valence electrons. The van der Waals surface area contributed by atoms with Crippen molar-refractivity contribution in [2.24, 2.45) is 5.92 Å². The molecule has 0 radical (unpaired) electrons. The lowest BCUT2D eigenvalue weighted by molar-refractivity contribution is -0.385. The Morgan fingerprint density at radius 3 is 3.00 bits per heavy atom. The molecule has 1 heterocycles. The minimum absolute atomic E-state index is 0.185. The molecule has 0 spiro atoms. The fourth-order valence-corrected chi connectivity index (χ4v) is 3.06. The molecule has 1 saturated heterocycles. The van der Waals surface area contributed by atoms with Crippen molar-refractivity contribution >= 4 is 34.0 Å². The smallest absolute Gasteiger partial charge is 0.282 e. The molecule has 0 aromatic heterocycles. The van der Waals surface area contributed by atoms with Crippen LogP contribution in [0.5, 0.6) is 0 Å². The van der Waals surface area contributed by atoms with E-state index in [4.69, 9.17) is 0 Å². The standard InChI is InChI=1S/C12H16IN3O2/c1-14-7-9-4-5-15(8-9)10-2-3-12(16(17)18)11(13)6-10/h2-3,6,9,14H,4-5,7-8H2,1H3. The van der Waals surface area contributed by atoms with Crippen molar-refractivity contribution in [3.05, 3.63) is 31.9 Å². The number of rotatable bonds is 4. The summed E-state index contributed by atoms with van der Waals surface area (Å²) in [7, 11) is 1.97. The minimum Gasteiger partial charge on any atom is -0.371 e. The lowest BCUT2D eigenvalue weighted by Crippen LogP contribution is -2.24. The highest BCUT2D eigenvalue weighted by Crippen LogP contribution is 2.29. The monoisotopic (exact) mass is 361 g/mol. The van der Waals surface area contributed by atoms with Crippen molar-refractivity contribution < 1.29 is 4.92 Å². The summed E-state index contributed by atoms with van der Waals surface area (Å²) in [5, 5.41) is 14.0. The van der Waals surface area contributed by atoms with Gasteiger partial charge in [0, 0.05) is 24.8 Å². The van der Waals surface area contributed by atoms with Gasteiger partial charge in [-0.3, -0.25) is 10.1 Å². The van der Waals surface area contributed by atoms with Gasteiger partial charge in [0.1, 0.15) is 0 Å². The second-order valence-electron chi connectivity index (χ2n) is 4.55. The van der Waals surface area contributed by atoms with Crippen LogP contribution < -0.4 is 10.2 Å². The zero-order valence-electron chi connectivity index (χ0n) is 10.2. The number of benzene rings is 1.